The van der Waals surface area contributed by atoms with Gasteiger partial charge < -0.3 is 18.9 Å². The van der Waals surface area contributed by atoms with Crippen LogP contribution in [0.4, 0.5) is 0 Å². The molecule has 0 N–H and O–H groups in total. The Morgan fingerprint density at radius 3 is 0.862 bits per heavy atom. The second kappa shape index (κ2) is 31.7. The summed E-state index contributed by atoms with van der Waals surface area (Å²) in [5, 5.41) is 0. The van der Waals surface area contributed by atoms with Crippen molar-refractivity contribution >= 4 is 23.9 Å². The number of hydrogen-bond donors (Lipinski definition) is 0. The second-order valence-electron chi connectivity index (χ2n) is 32.6. The number of unbranched alkanes of at least 4 members (excludes halogenated alkanes) is 1. The summed E-state index contributed by atoms with van der Waals surface area (Å²) in [6.45, 7) is 31.4. The van der Waals surface area contributed by atoms with E-state index in [2.05, 4.69) is 55.4 Å². The van der Waals surface area contributed by atoms with Crippen LogP contribution in [0.15, 0.2) is 0 Å². The van der Waals surface area contributed by atoms with Crippen molar-refractivity contribution in [2.45, 2.75) is 365 Å². The van der Waals surface area contributed by atoms with Crippen LogP contribution in [0.2, 0.25) is 0 Å². The number of hydrogen-bond acceptors (Lipinski definition) is 8. The molecule has 0 aromatic heterocycles. The molecule has 0 aromatic carbocycles. The monoisotopic (exact) mass is 1230 g/mol. The molecule has 514 valence electrons. The molecule has 16 saturated carbocycles. The summed E-state index contributed by atoms with van der Waals surface area (Å²) in [5.41, 5.74) is -1.57. The number of rotatable bonds is 16. The standard InChI is InChI=1S/C20H34O2.C18H30O2.C17H28O2.C16H26O2.8CH4/c1-5-7-8-20(22-18(21)19(3,4)6-2)16-10-14-9-15(12-16)13-17(20)11-14;1-5-17(3,4)16(19)20-18(6-2)14-8-12-7-13(10-14)11-15(18)9-12;1-5-16(2,3)15(18)19-17(4)13-7-11-6-12(9-13)10-14(17)8-11;1-4-10(2)15(17)18-16(3)13-6-11-5-12(8-13)9-14(16)7-11;;;;;;;;/h14-17H,5-13H2,1-4H3;12-15H,5-11H2,1-4H3;11-14H,5-10H2,1-4H3;10-14H,4-9H2,1-3H3;8*1H4. The summed E-state index contributed by atoms with van der Waals surface area (Å²) in [4.78, 5) is 50.1. The number of esters is 4. The van der Waals surface area contributed by atoms with Gasteiger partial charge in [0.05, 0.1) is 22.2 Å². The van der Waals surface area contributed by atoms with E-state index in [1.165, 1.54) is 141 Å². The largest absolute Gasteiger partial charge is 0.459 e. The molecule has 16 aliphatic rings. The first-order chi connectivity index (χ1) is 37.2. The molecule has 1 unspecified atom stereocenters. The van der Waals surface area contributed by atoms with E-state index in [0.29, 0.717) is 47.3 Å². The third-order valence-corrected chi connectivity index (χ3v) is 26.6. The maximum atomic E-state index is 12.8. The van der Waals surface area contributed by atoms with E-state index in [-0.39, 0.29) is 128 Å². The molecule has 16 fully saturated rings. The average Bonchev–Trinajstić information content (AvgIpc) is 0.795. The normalized spacial score (nSPS) is 39.4. The minimum absolute atomic E-state index is 0. The lowest BCUT2D eigenvalue weighted by atomic mass is 9.49. The minimum Gasteiger partial charge on any atom is -0.459 e. The van der Waals surface area contributed by atoms with Crippen LogP contribution in [0.1, 0.15) is 343 Å². The predicted octanol–water partition coefficient (Wildman–Crippen LogP) is 23.0. The molecule has 16 rings (SSSR count). The Morgan fingerprint density at radius 2 is 0.609 bits per heavy atom. The van der Waals surface area contributed by atoms with Crippen LogP contribution < -0.4 is 0 Å². The van der Waals surface area contributed by atoms with Crippen LogP contribution in [0.3, 0.4) is 0 Å². The van der Waals surface area contributed by atoms with Gasteiger partial charge in [0.15, 0.2) is 0 Å². The zero-order chi connectivity index (χ0) is 57.3. The Kier molecular flexibility index (Phi) is 30.2. The number of carbonyl (C=O) groups is 4. The lowest BCUT2D eigenvalue weighted by molar-refractivity contribution is -0.220. The van der Waals surface area contributed by atoms with Gasteiger partial charge in [0.1, 0.15) is 22.4 Å². The maximum absolute atomic E-state index is 12.8. The number of ether oxygens (including phenoxy) is 4. The van der Waals surface area contributed by atoms with Crippen molar-refractivity contribution in [3.05, 3.63) is 0 Å². The van der Waals surface area contributed by atoms with Crippen LogP contribution in [0.25, 0.3) is 0 Å². The lowest BCUT2D eigenvalue weighted by Gasteiger charge is -2.60. The molecule has 16 bridgehead atoms. The molecule has 1 atom stereocenters. The van der Waals surface area contributed by atoms with Crippen molar-refractivity contribution in [2.24, 2.45) is 117 Å². The van der Waals surface area contributed by atoms with Gasteiger partial charge in [0.2, 0.25) is 0 Å². The Bertz CT molecular complexity index is 2030. The number of carbonyl (C=O) groups excluding carboxylic acids is 4. The molecule has 8 nitrogen and oxygen atoms in total. The third kappa shape index (κ3) is 16.1. The molecular weight excluding hydrogens is 1080 g/mol. The van der Waals surface area contributed by atoms with E-state index in [0.717, 1.165) is 85.9 Å². The quantitative estimate of drug-likeness (QED) is 0.111. The summed E-state index contributed by atoms with van der Waals surface area (Å²) >= 11 is 0. The van der Waals surface area contributed by atoms with Crippen LogP contribution in [0, 0.1) is 117 Å². The van der Waals surface area contributed by atoms with E-state index >= 15 is 0 Å². The van der Waals surface area contributed by atoms with Gasteiger partial charge in [-0.05, 0) is 323 Å². The smallest absolute Gasteiger partial charge is 0.312 e. The average molecular weight is 1230 g/mol. The summed E-state index contributed by atoms with van der Waals surface area (Å²) in [6.07, 6.45) is 34.6. The second-order valence-corrected chi connectivity index (χ2v) is 32.6. The highest BCUT2D eigenvalue weighted by Crippen LogP contribution is 2.64. The molecule has 8 heteroatoms. The molecule has 0 heterocycles. The van der Waals surface area contributed by atoms with Gasteiger partial charge in [-0.15, -0.1) is 0 Å². The summed E-state index contributed by atoms with van der Waals surface area (Å²) in [5.74, 6) is 12.7. The third-order valence-electron chi connectivity index (χ3n) is 26.6. The fourth-order valence-electron chi connectivity index (χ4n) is 20.3. The highest BCUT2D eigenvalue weighted by atomic mass is 16.6. The Morgan fingerprint density at radius 1 is 0.368 bits per heavy atom. The van der Waals surface area contributed by atoms with Gasteiger partial charge in [-0.3, -0.25) is 19.2 Å². The van der Waals surface area contributed by atoms with Gasteiger partial charge >= 0.3 is 23.9 Å². The van der Waals surface area contributed by atoms with E-state index in [4.69, 9.17) is 18.9 Å². The maximum Gasteiger partial charge on any atom is 0.312 e. The first-order valence-electron chi connectivity index (χ1n) is 34.1. The van der Waals surface area contributed by atoms with E-state index < -0.39 is 0 Å². The predicted molar refractivity (Wildman–Crippen MR) is 370 cm³/mol. The van der Waals surface area contributed by atoms with Crippen LogP contribution >= 0.6 is 0 Å². The van der Waals surface area contributed by atoms with E-state index in [1.807, 2.05) is 48.5 Å². The zero-order valence-corrected chi connectivity index (χ0v) is 53.4. The van der Waals surface area contributed by atoms with Crippen molar-refractivity contribution in [3.8, 4) is 0 Å². The van der Waals surface area contributed by atoms with Gasteiger partial charge in [0.25, 0.3) is 0 Å². The fourth-order valence-corrected chi connectivity index (χ4v) is 20.3. The fraction of sp³-hybridized carbons (Fsp3) is 0.949. The van der Waals surface area contributed by atoms with Crippen molar-refractivity contribution in [1.82, 2.24) is 0 Å². The van der Waals surface area contributed by atoms with Gasteiger partial charge in [-0.2, -0.15) is 0 Å². The first kappa shape index (κ1) is 82.9. The van der Waals surface area contributed by atoms with Crippen molar-refractivity contribution in [3.63, 3.8) is 0 Å². The van der Waals surface area contributed by atoms with E-state index in [9.17, 15) is 19.2 Å². The van der Waals surface area contributed by atoms with Crippen molar-refractivity contribution in [1.29, 1.82) is 0 Å². The summed E-state index contributed by atoms with van der Waals surface area (Å²) in [7, 11) is 0. The Labute approximate surface area is 541 Å². The highest BCUT2D eigenvalue weighted by molar-refractivity contribution is 5.77. The Balaban J connectivity index is 0.000000564. The molecule has 0 aliphatic heterocycles. The minimum atomic E-state index is -0.339. The molecule has 16 aliphatic carbocycles. The van der Waals surface area contributed by atoms with Crippen LogP contribution in [-0.4, -0.2) is 46.3 Å². The van der Waals surface area contributed by atoms with E-state index in [1.54, 1.807) is 0 Å². The molecule has 0 saturated heterocycles. The molecule has 0 radical (unpaired) electrons. The van der Waals surface area contributed by atoms with Gasteiger partial charge in [-0.1, -0.05) is 114 Å². The molecule has 0 aromatic rings. The highest BCUT2D eigenvalue weighted by Gasteiger charge is 2.62. The van der Waals surface area contributed by atoms with Crippen molar-refractivity contribution < 1.29 is 38.1 Å². The SMILES string of the molecule is C.C.C.C.C.C.C.C.CCC(C)(C)C(=O)OC1(C)C2CC3CC(C2)CC1C3.CCC(C)(C)C(=O)OC1(CC)C2CC3CC(C2)CC1C3.CCC(C)C(=O)OC1(C)C2CC3CC(C2)CC1C3.CCCCC1(OC(=O)C(C)(C)CC)C2CC3CC(C2)CC1C3. The van der Waals surface area contributed by atoms with Crippen LogP contribution in [0.5, 0.6) is 0 Å². The van der Waals surface area contributed by atoms with Gasteiger partial charge in [0, 0.05) is 0 Å². The van der Waals surface area contributed by atoms with Crippen LogP contribution in [-0.2, 0) is 38.1 Å². The summed E-state index contributed by atoms with van der Waals surface area (Å²) in [6, 6.07) is 0. The molecular formula is C79H150O8. The summed E-state index contributed by atoms with van der Waals surface area (Å²) < 4.78 is 24.9. The molecule has 87 heavy (non-hydrogen) atoms. The zero-order valence-electron chi connectivity index (χ0n) is 53.4. The molecule has 0 spiro atoms. The lowest BCUT2D eigenvalue weighted by Crippen LogP contribution is -2.60. The first-order valence-corrected chi connectivity index (χ1v) is 34.1. The Hall–Kier alpha value is -2.12. The van der Waals surface area contributed by atoms with Gasteiger partial charge in [-0.25, -0.2) is 0 Å². The topological polar surface area (TPSA) is 105 Å². The van der Waals surface area contributed by atoms with Crippen molar-refractivity contribution in [2.75, 3.05) is 0 Å². The molecule has 0 amide bonds.